The van der Waals surface area contributed by atoms with Gasteiger partial charge in [0.15, 0.2) is 0 Å². The van der Waals surface area contributed by atoms with Crippen LogP contribution >= 0.6 is 15.9 Å². The summed E-state index contributed by atoms with van der Waals surface area (Å²) in [5.74, 6) is 0.0268. The maximum Gasteiger partial charge on any atom is 0.264 e. The lowest BCUT2D eigenvalue weighted by Gasteiger charge is -2.28. The molecule has 1 fully saturated rings. The molecule has 1 saturated carbocycles. The fourth-order valence-corrected chi connectivity index (χ4v) is 4.17. The number of hydrogen-bond acceptors (Lipinski definition) is 3. The van der Waals surface area contributed by atoms with Crippen LogP contribution in [0.3, 0.4) is 0 Å². The van der Waals surface area contributed by atoms with E-state index in [9.17, 15) is 9.59 Å². The van der Waals surface area contributed by atoms with Gasteiger partial charge in [-0.2, -0.15) is 5.10 Å². The quantitative estimate of drug-likeness (QED) is 0.623. The minimum atomic E-state index is -0.493. The molecular formula is C22H20BrN3O2. The van der Waals surface area contributed by atoms with Gasteiger partial charge in [-0.1, -0.05) is 53.0 Å². The smallest absolute Gasteiger partial charge is 0.264 e. The topological polar surface area (TPSA) is 74.8 Å². The molecule has 0 bridgehead atoms. The number of nitrogens with zero attached hydrogens (tertiary/aromatic N) is 1. The van der Waals surface area contributed by atoms with Gasteiger partial charge in [-0.05, 0) is 48.7 Å². The minimum Gasteiger partial charge on any atom is -0.325 e. The van der Waals surface area contributed by atoms with Crippen molar-refractivity contribution in [2.24, 2.45) is 0 Å². The molecule has 28 heavy (non-hydrogen) atoms. The number of amides is 1. The van der Waals surface area contributed by atoms with Crippen LogP contribution in [-0.2, 0) is 10.2 Å². The number of aromatic amines is 1. The van der Waals surface area contributed by atoms with E-state index in [1.165, 1.54) is 6.07 Å². The van der Waals surface area contributed by atoms with Crippen LogP contribution in [0.15, 0.2) is 69.9 Å². The van der Waals surface area contributed by atoms with Crippen LogP contribution in [0.2, 0.25) is 0 Å². The van der Waals surface area contributed by atoms with Crippen molar-refractivity contribution < 1.29 is 4.79 Å². The third-order valence-corrected chi connectivity index (χ3v) is 5.91. The second-order valence-corrected chi connectivity index (χ2v) is 8.05. The van der Waals surface area contributed by atoms with Crippen LogP contribution in [0.5, 0.6) is 0 Å². The van der Waals surface area contributed by atoms with Gasteiger partial charge >= 0.3 is 0 Å². The standard InChI is InChI=1S/C22H20BrN3O2/c23-17-8-6-16(7-9-17)22(12-1-2-13-22)21(28)24-18-5-3-4-15(14-18)19-10-11-20(27)26-25-19/h3-11,14H,1-2,12-13H2,(H,24,28)(H,26,27). The molecule has 1 amide bonds. The highest BCUT2D eigenvalue weighted by Gasteiger charge is 2.42. The van der Waals surface area contributed by atoms with E-state index < -0.39 is 5.41 Å². The van der Waals surface area contributed by atoms with Gasteiger partial charge in [0.1, 0.15) is 0 Å². The van der Waals surface area contributed by atoms with Crippen molar-refractivity contribution in [3.05, 3.63) is 81.1 Å². The molecule has 2 aromatic carbocycles. The van der Waals surface area contributed by atoms with Crippen LogP contribution < -0.4 is 10.9 Å². The fourth-order valence-electron chi connectivity index (χ4n) is 3.91. The fraction of sp³-hybridized carbons (Fsp3) is 0.227. The van der Waals surface area contributed by atoms with E-state index in [0.29, 0.717) is 5.69 Å². The van der Waals surface area contributed by atoms with Crippen molar-refractivity contribution in [2.75, 3.05) is 5.32 Å². The van der Waals surface area contributed by atoms with Crippen molar-refractivity contribution in [3.63, 3.8) is 0 Å². The summed E-state index contributed by atoms with van der Waals surface area (Å²) >= 11 is 3.47. The van der Waals surface area contributed by atoms with E-state index in [1.54, 1.807) is 6.07 Å². The van der Waals surface area contributed by atoms with Crippen molar-refractivity contribution >= 4 is 27.5 Å². The maximum absolute atomic E-state index is 13.3. The monoisotopic (exact) mass is 437 g/mol. The summed E-state index contributed by atoms with van der Waals surface area (Å²) in [5.41, 5.74) is 2.53. The molecule has 0 unspecified atom stereocenters. The summed E-state index contributed by atoms with van der Waals surface area (Å²) < 4.78 is 1.01. The van der Waals surface area contributed by atoms with E-state index in [-0.39, 0.29) is 11.5 Å². The molecule has 0 saturated heterocycles. The zero-order valence-corrected chi connectivity index (χ0v) is 16.8. The van der Waals surface area contributed by atoms with Crippen LogP contribution in [0, 0.1) is 0 Å². The molecule has 5 nitrogen and oxygen atoms in total. The Morgan fingerprint density at radius 3 is 2.46 bits per heavy atom. The predicted molar refractivity (Wildman–Crippen MR) is 113 cm³/mol. The Balaban J connectivity index is 1.61. The third-order valence-electron chi connectivity index (χ3n) is 5.38. The number of aromatic nitrogens is 2. The van der Waals surface area contributed by atoms with Crippen molar-refractivity contribution in [2.45, 2.75) is 31.1 Å². The van der Waals surface area contributed by atoms with Crippen LogP contribution in [0.4, 0.5) is 5.69 Å². The molecule has 0 radical (unpaired) electrons. The highest BCUT2D eigenvalue weighted by atomic mass is 79.9. The number of carbonyl (C=O) groups is 1. The zero-order valence-electron chi connectivity index (χ0n) is 15.2. The first kappa shape index (κ1) is 18.6. The lowest BCUT2D eigenvalue weighted by Crippen LogP contribution is -2.38. The van der Waals surface area contributed by atoms with Gasteiger partial charge in [0, 0.05) is 21.8 Å². The molecule has 0 atom stereocenters. The highest BCUT2D eigenvalue weighted by Crippen LogP contribution is 2.42. The number of H-pyrrole nitrogens is 1. The molecule has 2 N–H and O–H groups in total. The Labute approximate surface area is 171 Å². The number of anilines is 1. The Morgan fingerprint density at radius 1 is 1.04 bits per heavy atom. The molecule has 1 aliphatic rings. The lowest BCUT2D eigenvalue weighted by molar-refractivity contribution is -0.121. The number of halogens is 1. The SMILES string of the molecule is O=C(Nc1cccc(-c2ccc(=O)[nH]n2)c1)C1(c2ccc(Br)cc2)CCCC1. The molecule has 3 aromatic rings. The van der Waals surface area contributed by atoms with Gasteiger partial charge < -0.3 is 5.32 Å². The van der Waals surface area contributed by atoms with Gasteiger partial charge in [-0.25, -0.2) is 5.10 Å². The molecule has 142 valence electrons. The first-order valence-corrected chi connectivity index (χ1v) is 10.1. The maximum atomic E-state index is 13.3. The van der Waals surface area contributed by atoms with Crippen molar-refractivity contribution in [1.82, 2.24) is 10.2 Å². The summed E-state index contributed by atoms with van der Waals surface area (Å²) in [4.78, 5) is 24.6. The van der Waals surface area contributed by atoms with E-state index in [1.807, 2.05) is 48.5 Å². The summed E-state index contributed by atoms with van der Waals surface area (Å²) in [6.07, 6.45) is 3.79. The first-order valence-electron chi connectivity index (χ1n) is 9.30. The molecule has 0 aliphatic heterocycles. The molecule has 0 spiro atoms. The number of hydrogen-bond donors (Lipinski definition) is 2. The number of carbonyl (C=O) groups excluding carboxylic acids is 1. The van der Waals surface area contributed by atoms with Crippen LogP contribution in [-0.4, -0.2) is 16.1 Å². The van der Waals surface area contributed by atoms with E-state index >= 15 is 0 Å². The van der Waals surface area contributed by atoms with Crippen LogP contribution in [0.1, 0.15) is 31.2 Å². The molecule has 1 aliphatic carbocycles. The second kappa shape index (κ2) is 7.72. The first-order chi connectivity index (χ1) is 13.6. The molecular weight excluding hydrogens is 418 g/mol. The zero-order chi connectivity index (χ0) is 19.6. The lowest BCUT2D eigenvalue weighted by atomic mass is 9.78. The van der Waals surface area contributed by atoms with E-state index in [2.05, 4.69) is 31.4 Å². The second-order valence-electron chi connectivity index (χ2n) is 7.14. The van der Waals surface area contributed by atoms with Gasteiger partial charge in [0.2, 0.25) is 5.91 Å². The highest BCUT2D eigenvalue weighted by molar-refractivity contribution is 9.10. The molecule has 1 heterocycles. The summed E-state index contributed by atoms with van der Waals surface area (Å²) in [6, 6.07) is 18.7. The molecule has 6 heteroatoms. The predicted octanol–water partition coefficient (Wildman–Crippen LogP) is 4.65. The largest absolute Gasteiger partial charge is 0.325 e. The van der Waals surface area contributed by atoms with Gasteiger partial charge in [0.25, 0.3) is 5.56 Å². The molecule has 1 aromatic heterocycles. The average Bonchev–Trinajstić information content (AvgIpc) is 3.20. The van der Waals surface area contributed by atoms with Crippen molar-refractivity contribution in [3.8, 4) is 11.3 Å². The minimum absolute atomic E-state index is 0.0268. The van der Waals surface area contributed by atoms with Gasteiger partial charge in [-0.3, -0.25) is 9.59 Å². The summed E-state index contributed by atoms with van der Waals surface area (Å²) in [6.45, 7) is 0. The number of benzene rings is 2. The van der Waals surface area contributed by atoms with Gasteiger partial charge in [-0.15, -0.1) is 0 Å². The van der Waals surface area contributed by atoms with Gasteiger partial charge in [0.05, 0.1) is 11.1 Å². The normalized spacial score (nSPS) is 15.3. The summed E-state index contributed by atoms with van der Waals surface area (Å²) in [7, 11) is 0. The molecule has 4 rings (SSSR count). The van der Waals surface area contributed by atoms with Crippen LogP contribution in [0.25, 0.3) is 11.3 Å². The Bertz CT molecular complexity index is 1030. The Morgan fingerprint density at radius 2 is 1.79 bits per heavy atom. The summed E-state index contributed by atoms with van der Waals surface area (Å²) in [5, 5.41) is 9.61. The average molecular weight is 438 g/mol. The van der Waals surface area contributed by atoms with E-state index in [4.69, 9.17) is 0 Å². The van der Waals surface area contributed by atoms with Crippen molar-refractivity contribution in [1.29, 1.82) is 0 Å². The van der Waals surface area contributed by atoms with E-state index in [0.717, 1.165) is 47.0 Å². The Hall–Kier alpha value is -2.73. The number of nitrogens with one attached hydrogen (secondary N) is 2. The number of rotatable bonds is 4. The Kier molecular flexibility index (Phi) is 5.13. The third kappa shape index (κ3) is 3.64.